The van der Waals surface area contributed by atoms with Crippen LogP contribution in [0.4, 0.5) is 0 Å². The van der Waals surface area contributed by atoms with Crippen LogP contribution in [0.5, 0.6) is 0 Å². The van der Waals surface area contributed by atoms with Gasteiger partial charge in [-0.15, -0.1) is 0 Å². The highest BCUT2D eigenvalue weighted by Gasteiger charge is 2.13. The number of hydrogen-bond donors (Lipinski definition) is 0. The lowest BCUT2D eigenvalue weighted by molar-refractivity contribution is -0.678. The van der Waals surface area contributed by atoms with Gasteiger partial charge in [-0.25, -0.2) is 9.13 Å². The van der Waals surface area contributed by atoms with Crippen molar-refractivity contribution in [3.8, 4) is 0 Å². The molecule has 0 saturated heterocycles. The SMILES string of the molecule is CCCCCCCCCCCCCCCCCCCc1n(CCCCCCCCCCCCC)cc[n+]1C. The summed E-state index contributed by atoms with van der Waals surface area (Å²) in [6.07, 6.45) is 46.2. The van der Waals surface area contributed by atoms with Gasteiger partial charge in [0.2, 0.25) is 0 Å². The second-order valence-electron chi connectivity index (χ2n) is 12.5. The average Bonchev–Trinajstić information content (AvgIpc) is 3.27. The van der Waals surface area contributed by atoms with E-state index in [0.717, 1.165) is 0 Å². The molecular weight excluding hydrogens is 460 g/mol. The lowest BCUT2D eigenvalue weighted by Gasteiger charge is -2.05. The lowest BCUT2D eigenvalue weighted by Crippen LogP contribution is -2.32. The van der Waals surface area contributed by atoms with E-state index in [2.05, 4.69) is 42.4 Å². The molecule has 38 heavy (non-hydrogen) atoms. The normalized spacial score (nSPS) is 11.6. The van der Waals surface area contributed by atoms with Crippen LogP contribution >= 0.6 is 0 Å². The smallest absolute Gasteiger partial charge is 0.237 e. The van der Waals surface area contributed by atoms with Crippen LogP contribution in [-0.4, -0.2) is 4.57 Å². The quantitative estimate of drug-likeness (QED) is 0.0689. The van der Waals surface area contributed by atoms with Gasteiger partial charge in [0, 0.05) is 6.42 Å². The molecule has 0 saturated carbocycles. The zero-order valence-corrected chi connectivity index (χ0v) is 26.8. The van der Waals surface area contributed by atoms with Gasteiger partial charge >= 0.3 is 0 Å². The van der Waals surface area contributed by atoms with E-state index in [1.807, 2.05) is 0 Å². The van der Waals surface area contributed by atoms with E-state index in [0.29, 0.717) is 0 Å². The summed E-state index contributed by atoms with van der Waals surface area (Å²) >= 11 is 0. The van der Waals surface area contributed by atoms with E-state index in [1.165, 1.54) is 199 Å². The summed E-state index contributed by atoms with van der Waals surface area (Å²) in [7, 11) is 2.24. The Morgan fingerprint density at radius 2 is 0.763 bits per heavy atom. The van der Waals surface area contributed by atoms with Gasteiger partial charge < -0.3 is 0 Å². The van der Waals surface area contributed by atoms with Gasteiger partial charge in [0.25, 0.3) is 5.82 Å². The van der Waals surface area contributed by atoms with Crippen LogP contribution in [0.1, 0.15) is 199 Å². The van der Waals surface area contributed by atoms with Crippen molar-refractivity contribution in [2.24, 2.45) is 7.05 Å². The van der Waals surface area contributed by atoms with Crippen molar-refractivity contribution in [2.45, 2.75) is 207 Å². The van der Waals surface area contributed by atoms with Crippen LogP contribution in [0.25, 0.3) is 0 Å². The van der Waals surface area contributed by atoms with E-state index >= 15 is 0 Å². The Bertz CT molecular complexity index is 590. The predicted octanol–water partition coefficient (Wildman–Crippen LogP) is 11.8. The molecule has 0 unspecified atom stereocenters. The van der Waals surface area contributed by atoms with E-state index in [9.17, 15) is 0 Å². The standard InChI is InChI=1S/C36H71N2/c1-4-6-8-10-12-14-16-17-18-19-20-21-22-24-26-28-30-32-36-37(3)34-35-38(36)33-31-29-27-25-23-15-13-11-9-7-5-2/h34-35H,4-33H2,1-3H3/q+1. The van der Waals surface area contributed by atoms with Crippen LogP contribution in [-0.2, 0) is 20.0 Å². The second-order valence-corrected chi connectivity index (χ2v) is 12.5. The molecule has 1 rings (SSSR count). The Hall–Kier alpha value is -0.790. The predicted molar refractivity (Wildman–Crippen MR) is 170 cm³/mol. The molecule has 2 nitrogen and oxygen atoms in total. The molecule has 0 atom stereocenters. The Balaban J connectivity index is 1.91. The van der Waals surface area contributed by atoms with Crippen molar-refractivity contribution in [3.63, 3.8) is 0 Å². The maximum atomic E-state index is 2.54. The molecule has 0 bridgehead atoms. The first kappa shape index (κ1) is 35.2. The number of imidazole rings is 1. The minimum absolute atomic E-state index is 1.21. The van der Waals surface area contributed by atoms with Crippen LogP contribution in [0.3, 0.4) is 0 Å². The molecular formula is C36H71N2+. The maximum absolute atomic E-state index is 2.54. The van der Waals surface area contributed by atoms with Gasteiger partial charge in [-0.3, -0.25) is 0 Å². The van der Waals surface area contributed by atoms with Crippen molar-refractivity contribution in [1.29, 1.82) is 0 Å². The Morgan fingerprint density at radius 3 is 1.13 bits per heavy atom. The summed E-state index contributed by atoms with van der Waals surface area (Å²) in [4.78, 5) is 0. The number of aromatic nitrogens is 2. The summed E-state index contributed by atoms with van der Waals surface area (Å²) in [6, 6.07) is 0. The highest BCUT2D eigenvalue weighted by molar-refractivity contribution is 4.84. The first-order valence-electron chi connectivity index (χ1n) is 17.8. The number of unbranched alkanes of at least 4 members (excludes halogenated alkanes) is 26. The monoisotopic (exact) mass is 532 g/mol. The van der Waals surface area contributed by atoms with E-state index in [1.54, 1.807) is 0 Å². The maximum Gasteiger partial charge on any atom is 0.256 e. The average molecular weight is 532 g/mol. The zero-order chi connectivity index (χ0) is 27.4. The molecule has 0 aromatic carbocycles. The molecule has 0 amide bonds. The summed E-state index contributed by atoms with van der Waals surface area (Å²) in [5, 5.41) is 0. The number of nitrogens with zero attached hydrogens (tertiary/aromatic N) is 2. The molecule has 0 N–H and O–H groups in total. The largest absolute Gasteiger partial charge is 0.256 e. The Labute approximate surface area is 240 Å². The number of aryl methyl sites for hydroxylation is 2. The van der Waals surface area contributed by atoms with Gasteiger partial charge in [-0.2, -0.15) is 0 Å². The first-order valence-corrected chi connectivity index (χ1v) is 17.8. The molecule has 0 aliphatic carbocycles. The van der Waals surface area contributed by atoms with Gasteiger partial charge in [-0.05, 0) is 19.3 Å². The fourth-order valence-electron chi connectivity index (χ4n) is 6.03. The molecule has 0 spiro atoms. The molecule has 0 fully saturated rings. The second kappa shape index (κ2) is 27.8. The van der Waals surface area contributed by atoms with Crippen LogP contribution < -0.4 is 4.57 Å². The topological polar surface area (TPSA) is 8.81 Å². The summed E-state index contributed by atoms with van der Waals surface area (Å²) in [6.45, 7) is 5.82. The van der Waals surface area contributed by atoms with Gasteiger partial charge in [0.1, 0.15) is 12.4 Å². The van der Waals surface area contributed by atoms with E-state index in [-0.39, 0.29) is 0 Å². The Kier molecular flexibility index (Phi) is 25.7. The van der Waals surface area contributed by atoms with Gasteiger partial charge in [-0.1, -0.05) is 174 Å². The first-order chi connectivity index (χ1) is 18.8. The molecule has 1 heterocycles. The van der Waals surface area contributed by atoms with Gasteiger partial charge in [0.05, 0.1) is 13.6 Å². The summed E-state index contributed by atoms with van der Waals surface area (Å²) in [5.74, 6) is 1.54. The third-order valence-corrected chi connectivity index (χ3v) is 8.72. The molecule has 1 aromatic heterocycles. The fraction of sp³-hybridized carbons (Fsp3) is 0.917. The summed E-state index contributed by atoms with van der Waals surface area (Å²) in [5.41, 5.74) is 0. The van der Waals surface area contributed by atoms with Crippen molar-refractivity contribution in [2.75, 3.05) is 0 Å². The van der Waals surface area contributed by atoms with Crippen LogP contribution in [0, 0.1) is 0 Å². The highest BCUT2D eigenvalue weighted by Crippen LogP contribution is 2.15. The summed E-state index contributed by atoms with van der Waals surface area (Å²) < 4.78 is 4.91. The van der Waals surface area contributed by atoms with E-state index < -0.39 is 0 Å². The van der Waals surface area contributed by atoms with Crippen LogP contribution in [0.2, 0.25) is 0 Å². The minimum atomic E-state index is 1.21. The molecule has 0 aliphatic rings. The molecule has 0 radical (unpaired) electrons. The fourth-order valence-corrected chi connectivity index (χ4v) is 6.03. The Morgan fingerprint density at radius 1 is 0.447 bits per heavy atom. The van der Waals surface area contributed by atoms with Crippen LogP contribution in [0.15, 0.2) is 12.4 Å². The molecule has 0 aliphatic heterocycles. The van der Waals surface area contributed by atoms with Crippen molar-refractivity contribution >= 4 is 0 Å². The van der Waals surface area contributed by atoms with Crippen molar-refractivity contribution in [1.82, 2.24) is 4.57 Å². The lowest BCUT2D eigenvalue weighted by atomic mass is 10.0. The third kappa shape index (κ3) is 21.1. The van der Waals surface area contributed by atoms with E-state index in [4.69, 9.17) is 0 Å². The number of hydrogen-bond acceptors (Lipinski definition) is 0. The third-order valence-electron chi connectivity index (χ3n) is 8.72. The van der Waals surface area contributed by atoms with Crippen molar-refractivity contribution in [3.05, 3.63) is 18.2 Å². The van der Waals surface area contributed by atoms with Gasteiger partial charge in [0.15, 0.2) is 0 Å². The highest BCUT2D eigenvalue weighted by atomic mass is 15.1. The molecule has 2 heteroatoms. The van der Waals surface area contributed by atoms with Crippen molar-refractivity contribution < 1.29 is 4.57 Å². The minimum Gasteiger partial charge on any atom is -0.237 e. The number of rotatable bonds is 30. The molecule has 224 valence electrons. The molecule has 1 aromatic rings. The zero-order valence-electron chi connectivity index (χ0n) is 26.8.